The highest BCUT2D eigenvalue weighted by atomic mass is 16.6. The monoisotopic (exact) mass is 333 g/mol. The van der Waals surface area contributed by atoms with Gasteiger partial charge in [-0.1, -0.05) is 18.2 Å². The molecule has 2 aromatic heterocycles. The number of nitro benzene ring substituents is 1. The van der Waals surface area contributed by atoms with Crippen molar-refractivity contribution in [3.63, 3.8) is 0 Å². The number of para-hydroxylation sites is 2. The third kappa shape index (κ3) is 2.91. The molecule has 0 N–H and O–H groups in total. The SMILES string of the molecule is O=[N+]([O-])c1ccccc1N1CCc2nc(-c3ccccn3)ncc2C1. The molecule has 7 heteroatoms. The van der Waals surface area contributed by atoms with Gasteiger partial charge in [-0.05, 0) is 18.2 Å². The Bertz CT molecular complexity index is 930. The first-order valence-electron chi connectivity index (χ1n) is 7.97. The van der Waals surface area contributed by atoms with Crippen LogP contribution in [0.2, 0.25) is 0 Å². The first-order chi connectivity index (χ1) is 12.2. The van der Waals surface area contributed by atoms with E-state index in [-0.39, 0.29) is 10.6 Å². The molecule has 0 spiro atoms. The normalized spacial score (nSPS) is 13.4. The fraction of sp³-hybridized carbons (Fsp3) is 0.167. The molecule has 0 aliphatic carbocycles. The Labute approximate surface area is 144 Å². The van der Waals surface area contributed by atoms with Gasteiger partial charge in [-0.2, -0.15) is 0 Å². The van der Waals surface area contributed by atoms with Gasteiger partial charge in [0.25, 0.3) is 5.69 Å². The molecule has 0 saturated heterocycles. The van der Waals surface area contributed by atoms with Crippen molar-refractivity contribution < 1.29 is 4.92 Å². The Morgan fingerprint density at radius 2 is 1.92 bits per heavy atom. The van der Waals surface area contributed by atoms with Crippen molar-refractivity contribution in [2.45, 2.75) is 13.0 Å². The minimum absolute atomic E-state index is 0.122. The van der Waals surface area contributed by atoms with Gasteiger partial charge in [0.1, 0.15) is 11.4 Å². The van der Waals surface area contributed by atoms with Crippen molar-refractivity contribution in [1.29, 1.82) is 0 Å². The van der Waals surface area contributed by atoms with Crippen LogP contribution < -0.4 is 4.90 Å². The number of pyridine rings is 1. The van der Waals surface area contributed by atoms with Crippen molar-refractivity contribution >= 4 is 11.4 Å². The number of hydrogen-bond acceptors (Lipinski definition) is 6. The zero-order valence-corrected chi connectivity index (χ0v) is 13.4. The third-order valence-electron chi connectivity index (χ3n) is 4.25. The second-order valence-electron chi connectivity index (χ2n) is 5.80. The van der Waals surface area contributed by atoms with Crippen molar-refractivity contribution in [3.05, 3.63) is 76.2 Å². The summed E-state index contributed by atoms with van der Waals surface area (Å²) in [5, 5.41) is 11.3. The fourth-order valence-corrected chi connectivity index (χ4v) is 3.03. The zero-order chi connectivity index (χ0) is 17.2. The number of aromatic nitrogens is 3. The van der Waals surface area contributed by atoms with Gasteiger partial charge < -0.3 is 4.90 Å². The van der Waals surface area contributed by atoms with Gasteiger partial charge >= 0.3 is 0 Å². The standard InChI is InChI=1S/C18H15N5O2/c24-23(25)17-7-2-1-6-16(17)22-10-8-14-13(12-22)11-20-18(21-14)15-5-3-4-9-19-15/h1-7,9,11H,8,10,12H2. The molecular weight excluding hydrogens is 318 g/mol. The van der Waals surface area contributed by atoms with Crippen LogP contribution in [0.5, 0.6) is 0 Å². The molecule has 3 aromatic rings. The average molecular weight is 333 g/mol. The molecule has 1 aliphatic rings. The molecular formula is C18H15N5O2. The largest absolute Gasteiger partial charge is 0.361 e. The first kappa shape index (κ1) is 15.2. The van der Waals surface area contributed by atoms with Crippen LogP contribution in [0.1, 0.15) is 11.3 Å². The lowest BCUT2D eigenvalue weighted by atomic mass is 10.1. The van der Waals surface area contributed by atoms with E-state index in [9.17, 15) is 10.1 Å². The zero-order valence-electron chi connectivity index (χ0n) is 13.4. The molecule has 0 bridgehead atoms. The molecule has 7 nitrogen and oxygen atoms in total. The topological polar surface area (TPSA) is 85.0 Å². The number of nitro groups is 1. The van der Waals surface area contributed by atoms with E-state index in [0.29, 0.717) is 31.0 Å². The second kappa shape index (κ2) is 6.27. The smallest absolute Gasteiger partial charge is 0.292 e. The quantitative estimate of drug-likeness (QED) is 0.541. The summed E-state index contributed by atoms with van der Waals surface area (Å²) in [6.07, 6.45) is 4.23. The van der Waals surface area contributed by atoms with Crippen LogP contribution in [0.4, 0.5) is 11.4 Å². The van der Waals surface area contributed by atoms with E-state index < -0.39 is 0 Å². The first-order valence-corrected chi connectivity index (χ1v) is 7.97. The number of fused-ring (bicyclic) bond motifs is 1. The lowest BCUT2D eigenvalue weighted by molar-refractivity contribution is -0.384. The predicted octanol–water partition coefficient (Wildman–Crippen LogP) is 3.01. The van der Waals surface area contributed by atoms with Gasteiger partial charge in [0.05, 0.1) is 10.6 Å². The lowest BCUT2D eigenvalue weighted by Crippen LogP contribution is -2.31. The van der Waals surface area contributed by atoms with E-state index in [1.807, 2.05) is 29.2 Å². The van der Waals surface area contributed by atoms with Crippen LogP contribution in [0.3, 0.4) is 0 Å². The number of anilines is 1. The average Bonchev–Trinajstić information content (AvgIpc) is 2.68. The minimum Gasteiger partial charge on any atom is -0.361 e. The summed E-state index contributed by atoms with van der Waals surface area (Å²) in [4.78, 5) is 26.3. The predicted molar refractivity (Wildman–Crippen MR) is 93.1 cm³/mol. The Balaban J connectivity index is 1.64. The van der Waals surface area contributed by atoms with E-state index in [1.54, 1.807) is 24.5 Å². The number of nitrogens with zero attached hydrogens (tertiary/aromatic N) is 5. The van der Waals surface area contributed by atoms with Crippen molar-refractivity contribution in [1.82, 2.24) is 15.0 Å². The van der Waals surface area contributed by atoms with Gasteiger partial charge in [0.2, 0.25) is 0 Å². The second-order valence-corrected chi connectivity index (χ2v) is 5.80. The highest BCUT2D eigenvalue weighted by molar-refractivity contribution is 5.64. The maximum atomic E-state index is 11.3. The minimum atomic E-state index is -0.342. The Kier molecular flexibility index (Phi) is 3.81. The van der Waals surface area contributed by atoms with Crippen LogP contribution >= 0.6 is 0 Å². The number of benzene rings is 1. The van der Waals surface area contributed by atoms with E-state index >= 15 is 0 Å². The molecule has 0 atom stereocenters. The summed E-state index contributed by atoms with van der Waals surface area (Å²) in [7, 11) is 0. The lowest BCUT2D eigenvalue weighted by Gasteiger charge is -2.29. The summed E-state index contributed by atoms with van der Waals surface area (Å²) in [5.41, 5.74) is 3.46. The number of hydrogen-bond donors (Lipinski definition) is 0. The molecule has 0 amide bonds. The summed E-state index contributed by atoms with van der Waals surface area (Å²) >= 11 is 0. The van der Waals surface area contributed by atoms with Gasteiger partial charge in [0, 0.05) is 43.5 Å². The van der Waals surface area contributed by atoms with Crippen molar-refractivity contribution in [3.8, 4) is 11.5 Å². The highest BCUT2D eigenvalue weighted by Crippen LogP contribution is 2.31. The molecule has 4 rings (SSSR count). The van der Waals surface area contributed by atoms with Crippen LogP contribution in [0, 0.1) is 10.1 Å². The van der Waals surface area contributed by atoms with Gasteiger partial charge in [0.15, 0.2) is 5.82 Å². The Morgan fingerprint density at radius 3 is 2.72 bits per heavy atom. The van der Waals surface area contributed by atoms with E-state index in [4.69, 9.17) is 0 Å². The van der Waals surface area contributed by atoms with Gasteiger partial charge in [-0.25, -0.2) is 9.97 Å². The summed E-state index contributed by atoms with van der Waals surface area (Å²) < 4.78 is 0. The van der Waals surface area contributed by atoms with Crippen LogP contribution in [0.25, 0.3) is 11.5 Å². The summed E-state index contributed by atoms with van der Waals surface area (Å²) in [6, 6.07) is 12.5. The maximum absolute atomic E-state index is 11.3. The third-order valence-corrected chi connectivity index (χ3v) is 4.25. The van der Waals surface area contributed by atoms with E-state index in [0.717, 1.165) is 17.0 Å². The fourth-order valence-electron chi connectivity index (χ4n) is 3.03. The van der Waals surface area contributed by atoms with Crippen molar-refractivity contribution in [2.75, 3.05) is 11.4 Å². The molecule has 1 aromatic carbocycles. The molecule has 0 saturated carbocycles. The molecule has 3 heterocycles. The Morgan fingerprint density at radius 1 is 1.08 bits per heavy atom. The molecule has 124 valence electrons. The summed E-state index contributed by atoms with van der Waals surface area (Å²) in [6.45, 7) is 1.24. The van der Waals surface area contributed by atoms with E-state index in [2.05, 4.69) is 15.0 Å². The molecule has 0 fully saturated rings. The van der Waals surface area contributed by atoms with Gasteiger partial charge in [-0.15, -0.1) is 0 Å². The van der Waals surface area contributed by atoms with Gasteiger partial charge in [-0.3, -0.25) is 15.1 Å². The molecule has 25 heavy (non-hydrogen) atoms. The van der Waals surface area contributed by atoms with Crippen LogP contribution in [0.15, 0.2) is 54.9 Å². The summed E-state index contributed by atoms with van der Waals surface area (Å²) in [5.74, 6) is 0.610. The Hall–Kier alpha value is -3.35. The molecule has 0 unspecified atom stereocenters. The van der Waals surface area contributed by atoms with Crippen LogP contribution in [-0.2, 0) is 13.0 Å². The van der Waals surface area contributed by atoms with Crippen LogP contribution in [-0.4, -0.2) is 26.4 Å². The van der Waals surface area contributed by atoms with Crippen molar-refractivity contribution in [2.24, 2.45) is 0 Å². The number of rotatable bonds is 3. The molecule has 1 aliphatic heterocycles. The van der Waals surface area contributed by atoms with E-state index in [1.165, 1.54) is 6.07 Å². The maximum Gasteiger partial charge on any atom is 0.292 e. The highest BCUT2D eigenvalue weighted by Gasteiger charge is 2.24. The molecule has 0 radical (unpaired) electrons.